The molecule has 1 fully saturated rings. The first-order valence-electron chi connectivity index (χ1n) is 6.15. The summed E-state index contributed by atoms with van der Waals surface area (Å²) < 4.78 is 22.7. The first-order chi connectivity index (χ1) is 8.46. The predicted molar refractivity (Wildman–Crippen MR) is 74.6 cm³/mol. The molecular formula is C13H18ClNO2S. The number of benzene rings is 1. The largest absolute Gasteiger partial charge is 0.310 e. The maximum Gasteiger partial charge on any atom is 0.150 e. The standard InChI is InChI=1S/C13H18ClNO2S/c1-10(12-3-2-4-13(14)7-12)15-8-11-5-6-18(16,17)9-11/h2-4,7,10-11,15H,5-6,8-9H2,1H3. The molecule has 100 valence electrons. The number of halogens is 1. The molecule has 0 aromatic heterocycles. The van der Waals surface area contributed by atoms with E-state index >= 15 is 0 Å². The van der Waals surface area contributed by atoms with Gasteiger partial charge < -0.3 is 5.32 Å². The smallest absolute Gasteiger partial charge is 0.150 e. The second-order valence-electron chi connectivity index (χ2n) is 4.95. The van der Waals surface area contributed by atoms with E-state index in [-0.39, 0.29) is 12.0 Å². The van der Waals surface area contributed by atoms with Crippen molar-refractivity contribution in [1.82, 2.24) is 5.32 Å². The molecule has 2 atom stereocenters. The molecular weight excluding hydrogens is 270 g/mol. The molecule has 1 heterocycles. The normalized spacial score (nSPS) is 24.0. The summed E-state index contributed by atoms with van der Waals surface area (Å²) in [6.07, 6.45) is 0.775. The predicted octanol–water partition coefficient (Wildman–Crippen LogP) is 2.43. The second kappa shape index (κ2) is 5.59. The van der Waals surface area contributed by atoms with Crippen LogP contribution in [0.15, 0.2) is 24.3 Å². The van der Waals surface area contributed by atoms with Crippen LogP contribution in [0.25, 0.3) is 0 Å². The Bertz CT molecular complexity index is 515. The van der Waals surface area contributed by atoms with Crippen LogP contribution in [0.1, 0.15) is 24.9 Å². The molecule has 0 amide bonds. The van der Waals surface area contributed by atoms with E-state index in [9.17, 15) is 8.42 Å². The van der Waals surface area contributed by atoms with Gasteiger partial charge in [0.2, 0.25) is 0 Å². The zero-order valence-electron chi connectivity index (χ0n) is 10.4. The van der Waals surface area contributed by atoms with Crippen LogP contribution in [0.5, 0.6) is 0 Å². The van der Waals surface area contributed by atoms with Crippen molar-refractivity contribution in [2.24, 2.45) is 5.92 Å². The van der Waals surface area contributed by atoms with Crippen LogP contribution in [0.2, 0.25) is 5.02 Å². The van der Waals surface area contributed by atoms with Crippen LogP contribution in [-0.4, -0.2) is 26.5 Å². The number of sulfone groups is 1. The summed E-state index contributed by atoms with van der Waals surface area (Å²) in [5.74, 6) is 0.907. The quantitative estimate of drug-likeness (QED) is 0.925. The Morgan fingerprint density at radius 2 is 2.28 bits per heavy atom. The van der Waals surface area contributed by atoms with Gasteiger partial charge in [0, 0.05) is 11.1 Å². The lowest BCUT2D eigenvalue weighted by molar-refractivity contribution is 0.476. The lowest BCUT2D eigenvalue weighted by Gasteiger charge is -2.17. The molecule has 1 aromatic carbocycles. The van der Waals surface area contributed by atoms with E-state index in [0.29, 0.717) is 11.5 Å². The summed E-state index contributed by atoms with van der Waals surface area (Å²) in [7, 11) is -2.78. The van der Waals surface area contributed by atoms with Crippen molar-refractivity contribution in [3.8, 4) is 0 Å². The van der Waals surface area contributed by atoms with E-state index < -0.39 is 9.84 Å². The van der Waals surface area contributed by atoms with Crippen LogP contribution < -0.4 is 5.32 Å². The third-order valence-corrected chi connectivity index (χ3v) is 5.46. The highest BCUT2D eigenvalue weighted by Gasteiger charge is 2.27. The zero-order valence-corrected chi connectivity index (χ0v) is 12.0. The highest BCUT2D eigenvalue weighted by molar-refractivity contribution is 7.91. The van der Waals surface area contributed by atoms with Crippen molar-refractivity contribution < 1.29 is 8.42 Å². The molecule has 2 rings (SSSR count). The molecule has 18 heavy (non-hydrogen) atoms. The Hall–Kier alpha value is -0.580. The Kier molecular flexibility index (Phi) is 4.30. The van der Waals surface area contributed by atoms with Gasteiger partial charge in [-0.2, -0.15) is 0 Å². The van der Waals surface area contributed by atoms with Gasteiger partial charge in [-0.1, -0.05) is 23.7 Å². The summed E-state index contributed by atoms with van der Waals surface area (Å²) in [5, 5.41) is 4.11. The Morgan fingerprint density at radius 3 is 2.89 bits per heavy atom. The maximum absolute atomic E-state index is 11.4. The number of nitrogens with one attached hydrogen (secondary N) is 1. The number of rotatable bonds is 4. The average Bonchev–Trinajstić information content (AvgIpc) is 2.66. The third kappa shape index (κ3) is 3.70. The van der Waals surface area contributed by atoms with Crippen molar-refractivity contribution in [2.45, 2.75) is 19.4 Å². The van der Waals surface area contributed by atoms with Gasteiger partial charge in [-0.25, -0.2) is 8.42 Å². The monoisotopic (exact) mass is 287 g/mol. The third-order valence-electron chi connectivity index (χ3n) is 3.39. The van der Waals surface area contributed by atoms with Gasteiger partial charge >= 0.3 is 0 Å². The molecule has 1 saturated heterocycles. The fraction of sp³-hybridized carbons (Fsp3) is 0.538. The van der Waals surface area contributed by atoms with Gasteiger partial charge in [0.25, 0.3) is 0 Å². The highest BCUT2D eigenvalue weighted by atomic mass is 35.5. The number of hydrogen-bond donors (Lipinski definition) is 1. The Labute approximate surface area is 113 Å². The van der Waals surface area contributed by atoms with Crippen molar-refractivity contribution in [3.63, 3.8) is 0 Å². The van der Waals surface area contributed by atoms with E-state index in [0.717, 1.165) is 23.6 Å². The minimum absolute atomic E-state index is 0.187. The molecule has 0 saturated carbocycles. The minimum atomic E-state index is -2.78. The Morgan fingerprint density at radius 1 is 1.50 bits per heavy atom. The molecule has 1 aromatic rings. The van der Waals surface area contributed by atoms with E-state index in [4.69, 9.17) is 11.6 Å². The molecule has 0 radical (unpaired) electrons. The van der Waals surface area contributed by atoms with Crippen LogP contribution >= 0.6 is 11.6 Å². The first kappa shape index (κ1) is 13.8. The first-order valence-corrected chi connectivity index (χ1v) is 8.35. The molecule has 1 N–H and O–H groups in total. The van der Waals surface area contributed by atoms with Crippen LogP contribution in [0.3, 0.4) is 0 Å². The van der Waals surface area contributed by atoms with E-state index in [2.05, 4.69) is 12.2 Å². The van der Waals surface area contributed by atoms with Gasteiger partial charge in [0.05, 0.1) is 11.5 Å². The topological polar surface area (TPSA) is 46.2 Å². The molecule has 5 heteroatoms. The summed E-state index contributed by atoms with van der Waals surface area (Å²) in [4.78, 5) is 0. The van der Waals surface area contributed by atoms with E-state index in [1.54, 1.807) is 0 Å². The molecule has 3 nitrogen and oxygen atoms in total. The summed E-state index contributed by atoms with van der Waals surface area (Å²) in [5.41, 5.74) is 1.13. The number of hydrogen-bond acceptors (Lipinski definition) is 3. The molecule has 1 aliphatic heterocycles. The van der Waals surface area contributed by atoms with Crippen molar-refractivity contribution >= 4 is 21.4 Å². The van der Waals surface area contributed by atoms with Crippen LogP contribution in [0, 0.1) is 5.92 Å². The summed E-state index contributed by atoms with van der Waals surface area (Å²) >= 11 is 5.95. The average molecular weight is 288 g/mol. The second-order valence-corrected chi connectivity index (χ2v) is 7.62. The zero-order chi connectivity index (χ0) is 13.2. The molecule has 0 aliphatic carbocycles. The molecule has 0 bridgehead atoms. The van der Waals surface area contributed by atoms with Gasteiger partial charge in [-0.15, -0.1) is 0 Å². The minimum Gasteiger partial charge on any atom is -0.310 e. The lowest BCUT2D eigenvalue weighted by Crippen LogP contribution is -2.26. The fourth-order valence-corrected chi connectivity index (χ4v) is 4.33. The van der Waals surface area contributed by atoms with Crippen molar-refractivity contribution in [1.29, 1.82) is 0 Å². The van der Waals surface area contributed by atoms with Gasteiger partial charge in [-0.3, -0.25) is 0 Å². The molecule has 0 spiro atoms. The SMILES string of the molecule is CC(NCC1CCS(=O)(=O)C1)c1cccc(Cl)c1. The molecule has 1 aliphatic rings. The van der Waals surface area contributed by atoms with Gasteiger partial charge in [0.15, 0.2) is 9.84 Å². The lowest BCUT2D eigenvalue weighted by atomic mass is 10.1. The van der Waals surface area contributed by atoms with Gasteiger partial charge in [0.1, 0.15) is 0 Å². The summed E-state index contributed by atoms with van der Waals surface area (Å²) in [6, 6.07) is 7.92. The maximum atomic E-state index is 11.4. The van der Waals surface area contributed by atoms with Crippen molar-refractivity contribution in [3.05, 3.63) is 34.9 Å². The van der Waals surface area contributed by atoms with E-state index in [1.165, 1.54) is 0 Å². The van der Waals surface area contributed by atoms with Gasteiger partial charge in [-0.05, 0) is 43.5 Å². The van der Waals surface area contributed by atoms with Crippen LogP contribution in [0.4, 0.5) is 0 Å². The Balaban J connectivity index is 1.87. The molecule has 2 unspecified atom stereocenters. The fourth-order valence-electron chi connectivity index (χ4n) is 2.27. The van der Waals surface area contributed by atoms with Crippen LogP contribution in [-0.2, 0) is 9.84 Å². The van der Waals surface area contributed by atoms with Crippen molar-refractivity contribution in [2.75, 3.05) is 18.1 Å². The van der Waals surface area contributed by atoms with E-state index in [1.807, 2.05) is 24.3 Å². The summed E-state index contributed by atoms with van der Waals surface area (Å²) in [6.45, 7) is 2.81. The highest BCUT2D eigenvalue weighted by Crippen LogP contribution is 2.20.